The molecule has 3 nitrogen and oxygen atoms in total. The number of aryl methyl sites for hydroxylation is 1. The number of nitrogens with zero attached hydrogens (tertiary/aromatic N) is 3. The molecule has 0 N–H and O–H groups in total. The topological polar surface area (TPSA) is 30.7 Å². The fraction of sp³-hybridized carbons (Fsp3) is 0.111. The van der Waals surface area contributed by atoms with E-state index in [2.05, 4.69) is 26.0 Å². The zero-order chi connectivity index (χ0) is 9.26. The highest BCUT2D eigenvalue weighted by molar-refractivity contribution is 9.10. The van der Waals surface area contributed by atoms with Crippen LogP contribution in [0, 0.1) is 6.92 Å². The number of halogens is 1. The Hall–Kier alpha value is -1.16. The summed E-state index contributed by atoms with van der Waals surface area (Å²) in [6, 6.07) is 1.97. The first-order valence-corrected chi connectivity index (χ1v) is 4.67. The van der Waals surface area contributed by atoms with Crippen LogP contribution in [0.3, 0.4) is 0 Å². The summed E-state index contributed by atoms with van der Waals surface area (Å²) in [6.07, 6.45) is 7.31. The molecule has 0 aliphatic rings. The number of hydrogen-bond acceptors (Lipinski definition) is 2. The molecule has 0 radical (unpaired) electrons. The van der Waals surface area contributed by atoms with Crippen molar-refractivity contribution in [1.82, 2.24) is 14.8 Å². The maximum absolute atomic E-state index is 4.18. The van der Waals surface area contributed by atoms with E-state index in [1.54, 1.807) is 17.1 Å². The van der Waals surface area contributed by atoms with Gasteiger partial charge in [-0.05, 0) is 34.5 Å². The van der Waals surface area contributed by atoms with Crippen LogP contribution in [0.25, 0.3) is 5.69 Å². The highest BCUT2D eigenvalue weighted by Gasteiger charge is 1.98. The third-order valence-electron chi connectivity index (χ3n) is 1.67. The Balaban J connectivity index is 2.46. The molecule has 4 heteroatoms. The minimum absolute atomic E-state index is 0.957. The molecule has 66 valence electrons. The van der Waals surface area contributed by atoms with Gasteiger partial charge in [-0.25, -0.2) is 4.68 Å². The molecule has 0 spiro atoms. The maximum atomic E-state index is 4.18. The number of hydrogen-bond donors (Lipinski definition) is 0. The quantitative estimate of drug-likeness (QED) is 0.763. The summed E-state index contributed by atoms with van der Waals surface area (Å²) in [5.41, 5.74) is 2.10. The average molecular weight is 238 g/mol. The van der Waals surface area contributed by atoms with E-state index in [-0.39, 0.29) is 0 Å². The van der Waals surface area contributed by atoms with Crippen LogP contribution in [0.5, 0.6) is 0 Å². The van der Waals surface area contributed by atoms with Crippen molar-refractivity contribution in [3.63, 3.8) is 0 Å². The van der Waals surface area contributed by atoms with Gasteiger partial charge in [0, 0.05) is 16.9 Å². The Labute approximate surface area is 84.5 Å². The molecule has 2 heterocycles. The molecular weight excluding hydrogens is 230 g/mol. The molecule has 0 aliphatic carbocycles. The molecule has 0 saturated heterocycles. The van der Waals surface area contributed by atoms with E-state index in [0.29, 0.717) is 0 Å². The predicted octanol–water partition coefficient (Wildman–Crippen LogP) is 2.34. The van der Waals surface area contributed by atoms with Gasteiger partial charge in [-0.15, -0.1) is 0 Å². The molecule has 0 saturated carbocycles. The molecule has 2 rings (SSSR count). The minimum atomic E-state index is 0.957. The largest absolute Gasteiger partial charge is 0.261 e. The molecule has 0 fully saturated rings. The van der Waals surface area contributed by atoms with Gasteiger partial charge < -0.3 is 0 Å². The first-order chi connectivity index (χ1) is 6.25. The molecule has 2 aromatic rings. The highest BCUT2D eigenvalue weighted by Crippen LogP contribution is 2.12. The van der Waals surface area contributed by atoms with Gasteiger partial charge in [0.25, 0.3) is 0 Å². The fourth-order valence-electron chi connectivity index (χ4n) is 1.08. The Morgan fingerprint density at radius 1 is 1.31 bits per heavy atom. The summed E-state index contributed by atoms with van der Waals surface area (Å²) in [4.78, 5) is 4.06. The van der Waals surface area contributed by atoms with Crippen LogP contribution in [0.15, 0.2) is 35.3 Å². The fourth-order valence-corrected chi connectivity index (χ4v) is 1.43. The second-order valence-electron chi connectivity index (χ2n) is 2.82. The molecule has 0 unspecified atom stereocenters. The normalized spacial score (nSPS) is 10.3. The van der Waals surface area contributed by atoms with Crippen molar-refractivity contribution in [3.05, 3.63) is 40.9 Å². The van der Waals surface area contributed by atoms with Crippen molar-refractivity contribution < 1.29 is 0 Å². The van der Waals surface area contributed by atoms with Crippen molar-refractivity contribution in [1.29, 1.82) is 0 Å². The van der Waals surface area contributed by atoms with Gasteiger partial charge in [-0.2, -0.15) is 5.10 Å². The van der Waals surface area contributed by atoms with E-state index in [0.717, 1.165) is 15.7 Å². The molecule has 0 amide bonds. The van der Waals surface area contributed by atoms with Gasteiger partial charge in [0.2, 0.25) is 0 Å². The zero-order valence-corrected chi connectivity index (χ0v) is 8.69. The Bertz CT molecular complexity index is 422. The number of pyridine rings is 1. The third-order valence-corrected chi connectivity index (χ3v) is 2.10. The summed E-state index contributed by atoms with van der Waals surface area (Å²) < 4.78 is 2.76. The monoisotopic (exact) mass is 237 g/mol. The second kappa shape index (κ2) is 3.30. The van der Waals surface area contributed by atoms with Gasteiger partial charge in [-0.1, -0.05) is 0 Å². The molecule has 0 aromatic carbocycles. The van der Waals surface area contributed by atoms with Gasteiger partial charge in [0.15, 0.2) is 0 Å². The van der Waals surface area contributed by atoms with Gasteiger partial charge >= 0.3 is 0 Å². The third kappa shape index (κ3) is 1.78. The summed E-state index contributed by atoms with van der Waals surface area (Å²) in [7, 11) is 0. The van der Waals surface area contributed by atoms with Gasteiger partial charge in [0.05, 0.1) is 18.1 Å². The predicted molar refractivity (Wildman–Crippen MR) is 53.8 cm³/mol. The summed E-state index contributed by atoms with van der Waals surface area (Å²) in [6.45, 7) is 2.01. The van der Waals surface area contributed by atoms with Crippen LogP contribution in [-0.2, 0) is 0 Å². The zero-order valence-electron chi connectivity index (χ0n) is 7.11. The molecule has 2 aromatic heterocycles. The van der Waals surface area contributed by atoms with E-state index in [9.17, 15) is 0 Å². The lowest BCUT2D eigenvalue weighted by molar-refractivity contribution is 0.872. The van der Waals surface area contributed by atoms with Crippen LogP contribution in [0.1, 0.15) is 5.56 Å². The van der Waals surface area contributed by atoms with Crippen LogP contribution >= 0.6 is 15.9 Å². The van der Waals surface area contributed by atoms with E-state index >= 15 is 0 Å². The summed E-state index contributed by atoms with van der Waals surface area (Å²) in [5, 5.41) is 4.18. The number of rotatable bonds is 1. The lowest BCUT2D eigenvalue weighted by Crippen LogP contribution is -1.94. The average Bonchev–Trinajstić information content (AvgIpc) is 2.52. The SMILES string of the molecule is Cc1cnn(-c2cncc(Br)c2)c1. The highest BCUT2D eigenvalue weighted by atomic mass is 79.9. The van der Waals surface area contributed by atoms with E-state index in [1.807, 2.05) is 25.4 Å². The number of aromatic nitrogens is 3. The van der Waals surface area contributed by atoms with Gasteiger partial charge in [-0.3, -0.25) is 4.98 Å². The lowest BCUT2D eigenvalue weighted by Gasteiger charge is -1.99. The van der Waals surface area contributed by atoms with E-state index in [4.69, 9.17) is 0 Å². The summed E-state index contributed by atoms with van der Waals surface area (Å²) >= 11 is 3.36. The molecule has 0 atom stereocenters. The first-order valence-electron chi connectivity index (χ1n) is 3.88. The maximum Gasteiger partial charge on any atom is 0.0840 e. The van der Waals surface area contributed by atoms with Crippen molar-refractivity contribution >= 4 is 15.9 Å². The first kappa shape index (κ1) is 8.44. The van der Waals surface area contributed by atoms with Crippen LogP contribution in [0.2, 0.25) is 0 Å². The molecule has 0 aliphatic heterocycles. The smallest absolute Gasteiger partial charge is 0.0840 e. The van der Waals surface area contributed by atoms with Crippen LogP contribution in [-0.4, -0.2) is 14.8 Å². The molecule has 13 heavy (non-hydrogen) atoms. The molecule has 0 bridgehead atoms. The minimum Gasteiger partial charge on any atom is -0.261 e. The standard InChI is InChI=1S/C9H8BrN3/c1-7-3-12-13(6-7)9-2-8(10)4-11-5-9/h2-6H,1H3. The van der Waals surface area contributed by atoms with E-state index in [1.165, 1.54) is 0 Å². The Kier molecular flexibility index (Phi) is 2.14. The Morgan fingerprint density at radius 2 is 2.15 bits per heavy atom. The van der Waals surface area contributed by atoms with Crippen molar-refractivity contribution in [2.24, 2.45) is 0 Å². The van der Waals surface area contributed by atoms with Crippen molar-refractivity contribution in [2.45, 2.75) is 6.92 Å². The van der Waals surface area contributed by atoms with Gasteiger partial charge in [0.1, 0.15) is 0 Å². The van der Waals surface area contributed by atoms with Crippen LogP contribution < -0.4 is 0 Å². The molecular formula is C9H8BrN3. The van der Waals surface area contributed by atoms with Crippen molar-refractivity contribution in [3.8, 4) is 5.69 Å². The van der Waals surface area contributed by atoms with Crippen LogP contribution in [0.4, 0.5) is 0 Å². The Morgan fingerprint density at radius 3 is 2.77 bits per heavy atom. The second-order valence-corrected chi connectivity index (χ2v) is 3.74. The van der Waals surface area contributed by atoms with E-state index < -0.39 is 0 Å². The summed E-state index contributed by atoms with van der Waals surface area (Å²) in [5.74, 6) is 0. The lowest BCUT2D eigenvalue weighted by atomic mass is 10.4. The van der Waals surface area contributed by atoms with Crippen molar-refractivity contribution in [2.75, 3.05) is 0 Å².